The number of amides is 1. The summed E-state index contributed by atoms with van der Waals surface area (Å²) in [7, 11) is 2.88. The number of furan rings is 1. The van der Waals surface area contributed by atoms with Gasteiger partial charge in [0.1, 0.15) is 11.6 Å². The molecule has 6 nitrogen and oxygen atoms in total. The number of ether oxygens (including phenoxy) is 2. The minimum atomic E-state index is -0.643. The molecule has 1 fully saturated rings. The fraction of sp³-hybridized carbons (Fsp3) is 0.375. The number of benzene rings is 1. The lowest BCUT2D eigenvalue weighted by Gasteiger charge is -2.21. The quantitative estimate of drug-likeness (QED) is 0.809. The number of fused-ring (bicyclic) bond motifs is 1. The summed E-state index contributed by atoms with van der Waals surface area (Å²) in [5.41, 5.74) is 0.642. The number of carbonyl (C=O) groups is 2. The number of likely N-dealkylation sites (tertiary alicyclic amines) is 1. The van der Waals surface area contributed by atoms with E-state index in [1.54, 1.807) is 19.2 Å². The van der Waals surface area contributed by atoms with Crippen molar-refractivity contribution in [2.75, 3.05) is 20.8 Å². The topological polar surface area (TPSA) is 69.0 Å². The first-order valence-electron chi connectivity index (χ1n) is 7.04. The minimum absolute atomic E-state index is 0.183. The molecule has 0 spiro atoms. The van der Waals surface area contributed by atoms with Crippen LogP contribution in [0, 0.1) is 0 Å². The third kappa shape index (κ3) is 2.46. The summed E-state index contributed by atoms with van der Waals surface area (Å²) in [6.07, 6.45) is 0.243. The van der Waals surface area contributed by atoms with Gasteiger partial charge in [-0.25, -0.2) is 4.79 Å². The number of hydrogen-bond donors (Lipinski definition) is 0. The van der Waals surface area contributed by atoms with Crippen molar-refractivity contribution in [3.63, 3.8) is 0 Å². The Bertz CT molecular complexity index is 674. The van der Waals surface area contributed by atoms with Crippen molar-refractivity contribution >= 4 is 22.8 Å². The smallest absolute Gasteiger partial charge is 0.328 e. The summed E-state index contributed by atoms with van der Waals surface area (Å²) in [6.45, 7) is 0.339. The number of methoxy groups -OCH3 is 2. The van der Waals surface area contributed by atoms with Crippen molar-refractivity contribution in [2.45, 2.75) is 18.6 Å². The van der Waals surface area contributed by atoms with Gasteiger partial charge in [0.2, 0.25) is 0 Å². The second-order valence-electron chi connectivity index (χ2n) is 5.24. The fourth-order valence-electron chi connectivity index (χ4n) is 2.78. The largest absolute Gasteiger partial charge is 0.467 e. The molecule has 0 radical (unpaired) electrons. The molecule has 6 heteroatoms. The SMILES string of the molecule is COC(=O)[C@H]1C[C@@H](OC)CN1C(=O)c1cc2ccccc2o1. The minimum Gasteiger partial charge on any atom is -0.467 e. The summed E-state index contributed by atoms with van der Waals surface area (Å²) in [5, 5.41) is 0.850. The molecule has 0 N–H and O–H groups in total. The van der Waals surface area contributed by atoms with Crippen molar-refractivity contribution in [1.29, 1.82) is 0 Å². The normalized spacial score (nSPS) is 21.3. The van der Waals surface area contributed by atoms with Crippen molar-refractivity contribution in [1.82, 2.24) is 4.90 Å². The average Bonchev–Trinajstić information content (AvgIpc) is 3.17. The molecule has 2 atom stereocenters. The summed E-state index contributed by atoms with van der Waals surface area (Å²) >= 11 is 0. The molecule has 1 saturated heterocycles. The molecular weight excluding hydrogens is 286 g/mol. The average molecular weight is 303 g/mol. The van der Waals surface area contributed by atoms with Crippen LogP contribution < -0.4 is 0 Å². The van der Waals surface area contributed by atoms with Crippen LogP contribution >= 0.6 is 0 Å². The molecule has 0 unspecified atom stereocenters. The molecule has 2 heterocycles. The van der Waals surface area contributed by atoms with E-state index in [9.17, 15) is 9.59 Å². The highest BCUT2D eigenvalue weighted by atomic mass is 16.5. The first-order chi connectivity index (χ1) is 10.6. The highest BCUT2D eigenvalue weighted by Crippen LogP contribution is 2.26. The first kappa shape index (κ1) is 14.6. The molecule has 0 aliphatic carbocycles. The van der Waals surface area contributed by atoms with E-state index in [-0.39, 0.29) is 17.8 Å². The molecule has 116 valence electrons. The van der Waals surface area contributed by atoms with Crippen LogP contribution in [0.4, 0.5) is 0 Å². The number of nitrogens with zero attached hydrogens (tertiary/aromatic N) is 1. The predicted molar refractivity (Wildman–Crippen MR) is 78.5 cm³/mol. The second kappa shape index (κ2) is 5.81. The van der Waals surface area contributed by atoms with E-state index >= 15 is 0 Å². The number of rotatable bonds is 3. The van der Waals surface area contributed by atoms with Gasteiger partial charge in [-0.3, -0.25) is 4.79 Å². The predicted octanol–water partition coefficient (Wildman–Crippen LogP) is 1.84. The lowest BCUT2D eigenvalue weighted by Crippen LogP contribution is -2.41. The molecule has 1 aliphatic heterocycles. The highest BCUT2D eigenvalue weighted by Gasteiger charge is 2.41. The van der Waals surface area contributed by atoms with Crippen LogP contribution in [0.2, 0.25) is 0 Å². The summed E-state index contributed by atoms with van der Waals surface area (Å²) in [4.78, 5) is 26.0. The summed E-state index contributed by atoms with van der Waals surface area (Å²) in [5.74, 6) is -0.554. The first-order valence-corrected chi connectivity index (χ1v) is 7.04. The van der Waals surface area contributed by atoms with Gasteiger partial charge in [-0.1, -0.05) is 18.2 Å². The summed E-state index contributed by atoms with van der Waals surface area (Å²) < 4.78 is 15.7. The maximum Gasteiger partial charge on any atom is 0.328 e. The number of esters is 1. The Morgan fingerprint density at radius 3 is 2.73 bits per heavy atom. The Balaban J connectivity index is 1.90. The van der Waals surface area contributed by atoms with E-state index in [0.717, 1.165) is 5.39 Å². The van der Waals surface area contributed by atoms with Gasteiger partial charge >= 0.3 is 5.97 Å². The maximum absolute atomic E-state index is 12.7. The van der Waals surface area contributed by atoms with Crippen LogP contribution in [0.25, 0.3) is 11.0 Å². The molecule has 1 aromatic carbocycles. The third-order valence-corrected chi connectivity index (χ3v) is 3.97. The molecule has 0 saturated carbocycles. The van der Waals surface area contributed by atoms with Gasteiger partial charge in [-0.15, -0.1) is 0 Å². The second-order valence-corrected chi connectivity index (χ2v) is 5.24. The van der Waals surface area contributed by atoms with Crippen LogP contribution in [-0.2, 0) is 14.3 Å². The van der Waals surface area contributed by atoms with Crippen LogP contribution in [0.1, 0.15) is 17.0 Å². The van der Waals surface area contributed by atoms with Gasteiger partial charge in [0.05, 0.1) is 13.2 Å². The monoisotopic (exact) mass is 303 g/mol. The van der Waals surface area contributed by atoms with Crippen LogP contribution in [-0.4, -0.2) is 49.7 Å². The third-order valence-electron chi connectivity index (χ3n) is 3.97. The van der Waals surface area contributed by atoms with E-state index in [4.69, 9.17) is 13.9 Å². The lowest BCUT2D eigenvalue weighted by atomic mass is 10.2. The Morgan fingerprint density at radius 2 is 2.05 bits per heavy atom. The molecule has 1 aromatic heterocycles. The van der Waals surface area contributed by atoms with E-state index < -0.39 is 12.0 Å². The van der Waals surface area contributed by atoms with E-state index in [0.29, 0.717) is 18.5 Å². The Labute approximate surface area is 127 Å². The Morgan fingerprint density at radius 1 is 1.27 bits per heavy atom. The van der Waals surface area contributed by atoms with Crippen molar-refractivity contribution in [2.24, 2.45) is 0 Å². The molecule has 22 heavy (non-hydrogen) atoms. The molecule has 3 rings (SSSR count). The van der Waals surface area contributed by atoms with Gasteiger partial charge in [-0.2, -0.15) is 0 Å². The molecule has 1 amide bonds. The van der Waals surface area contributed by atoms with E-state index in [2.05, 4.69) is 0 Å². The van der Waals surface area contributed by atoms with E-state index in [1.807, 2.05) is 18.2 Å². The van der Waals surface area contributed by atoms with Crippen molar-refractivity contribution in [3.8, 4) is 0 Å². The van der Waals surface area contributed by atoms with Gasteiger partial charge in [0, 0.05) is 25.5 Å². The van der Waals surface area contributed by atoms with Gasteiger partial charge in [-0.05, 0) is 12.1 Å². The molecule has 1 aliphatic rings. The number of hydrogen-bond acceptors (Lipinski definition) is 5. The van der Waals surface area contributed by atoms with Crippen LogP contribution in [0.15, 0.2) is 34.7 Å². The van der Waals surface area contributed by atoms with Gasteiger partial charge in [0.25, 0.3) is 5.91 Å². The fourth-order valence-corrected chi connectivity index (χ4v) is 2.78. The molecular formula is C16H17NO5. The van der Waals surface area contributed by atoms with Gasteiger partial charge < -0.3 is 18.8 Å². The zero-order chi connectivity index (χ0) is 15.7. The zero-order valence-electron chi connectivity index (χ0n) is 12.4. The van der Waals surface area contributed by atoms with Crippen LogP contribution in [0.3, 0.4) is 0 Å². The number of para-hydroxylation sites is 1. The van der Waals surface area contributed by atoms with Crippen molar-refractivity contribution in [3.05, 3.63) is 36.1 Å². The Kier molecular flexibility index (Phi) is 3.85. The van der Waals surface area contributed by atoms with Crippen molar-refractivity contribution < 1.29 is 23.5 Å². The van der Waals surface area contributed by atoms with E-state index in [1.165, 1.54) is 12.0 Å². The Hall–Kier alpha value is -2.34. The van der Waals surface area contributed by atoms with Gasteiger partial charge in [0.15, 0.2) is 5.76 Å². The molecule has 0 bridgehead atoms. The highest BCUT2D eigenvalue weighted by molar-refractivity contribution is 5.98. The lowest BCUT2D eigenvalue weighted by molar-refractivity contribution is -0.145. The maximum atomic E-state index is 12.7. The standard InChI is InChI=1S/C16H17NO5/c1-20-11-8-12(16(19)21-2)17(9-11)15(18)14-7-10-5-3-4-6-13(10)22-14/h3-7,11-12H,8-9H2,1-2H3/t11-,12-/m1/s1. The number of carbonyl (C=O) groups excluding carboxylic acids is 2. The van der Waals surface area contributed by atoms with Crippen LogP contribution in [0.5, 0.6) is 0 Å². The molecule has 2 aromatic rings. The summed E-state index contributed by atoms with van der Waals surface area (Å²) in [6, 6.07) is 8.43. The zero-order valence-corrected chi connectivity index (χ0v) is 12.4.